The van der Waals surface area contributed by atoms with Crippen LogP contribution in [-0.2, 0) is 35.0 Å². The summed E-state index contributed by atoms with van der Waals surface area (Å²) in [5.74, 6) is -1.41. The lowest BCUT2D eigenvalue weighted by Crippen LogP contribution is -2.31. The van der Waals surface area contributed by atoms with Gasteiger partial charge in [-0.05, 0) is 114 Å². The zero-order chi connectivity index (χ0) is 47.6. The number of carbonyl (C=O) groups excluding carboxylic acids is 3. The molecule has 356 valence electrons. The van der Waals surface area contributed by atoms with Crippen molar-refractivity contribution in [2.24, 2.45) is 0 Å². The zero-order valence-corrected chi connectivity index (χ0v) is 40.8. The number of ether oxygens (including phenoxy) is 3. The molecule has 0 bridgehead atoms. The van der Waals surface area contributed by atoms with E-state index >= 15 is 0 Å². The van der Waals surface area contributed by atoms with Gasteiger partial charge in [-0.3, -0.25) is 14.4 Å². The third kappa shape index (κ3) is 30.7. The van der Waals surface area contributed by atoms with Crippen LogP contribution in [0, 0.1) is 0 Å². The van der Waals surface area contributed by atoms with Crippen LogP contribution >= 0.6 is 23.2 Å². The monoisotopic (exact) mass is 937 g/mol. The lowest BCUT2D eigenvalue weighted by molar-refractivity contribution is -0.166. The minimum Gasteiger partial charge on any atom is -0.462 e. The van der Waals surface area contributed by atoms with Crippen LogP contribution in [0.1, 0.15) is 122 Å². The Bertz CT molecular complexity index is 1950. The molecule has 2 aromatic carbocycles. The maximum Gasteiger partial charge on any atom is 0.310 e. The van der Waals surface area contributed by atoms with Crippen molar-refractivity contribution in [1.82, 2.24) is 0 Å². The van der Waals surface area contributed by atoms with Crippen LogP contribution in [0.5, 0.6) is 0 Å². The van der Waals surface area contributed by atoms with Gasteiger partial charge in [-0.15, -0.1) is 0 Å². The second-order valence-corrected chi connectivity index (χ2v) is 16.0. The SMILES string of the molecule is CC/C=C\C/C=C\C/C=C\C/C=C\C/C=C\CCCC(=O)OCC(COC(=O)Cc1ccccc1Nc1c(Cl)cccc1Cl)OC(=O)CCC/C=C\C/C=C\C/C=C\C/C=C\C/C=C\CC. The van der Waals surface area contributed by atoms with Gasteiger partial charge in [0.1, 0.15) is 13.2 Å². The molecule has 0 amide bonds. The van der Waals surface area contributed by atoms with Crippen molar-refractivity contribution >= 4 is 52.5 Å². The Morgan fingerprint density at radius 1 is 0.500 bits per heavy atom. The number of halogens is 2. The first kappa shape index (κ1) is 56.8. The Labute approximate surface area is 406 Å². The van der Waals surface area contributed by atoms with Crippen molar-refractivity contribution in [3.05, 3.63) is 180 Å². The molecule has 1 unspecified atom stereocenters. The van der Waals surface area contributed by atoms with Crippen LogP contribution in [0.15, 0.2) is 164 Å². The van der Waals surface area contributed by atoms with E-state index in [4.69, 9.17) is 37.4 Å². The molecule has 9 heteroatoms. The smallest absolute Gasteiger partial charge is 0.310 e. The predicted molar refractivity (Wildman–Crippen MR) is 278 cm³/mol. The highest BCUT2D eigenvalue weighted by molar-refractivity contribution is 6.39. The normalized spacial score (nSPS) is 12.9. The van der Waals surface area contributed by atoms with Crippen molar-refractivity contribution in [2.45, 2.75) is 129 Å². The van der Waals surface area contributed by atoms with E-state index in [1.807, 2.05) is 18.2 Å². The number of rotatable bonds is 35. The van der Waals surface area contributed by atoms with Crippen molar-refractivity contribution in [1.29, 1.82) is 0 Å². The highest BCUT2D eigenvalue weighted by Crippen LogP contribution is 2.33. The van der Waals surface area contributed by atoms with Gasteiger partial charge in [-0.25, -0.2) is 0 Å². The largest absolute Gasteiger partial charge is 0.462 e. The third-order valence-corrected chi connectivity index (χ3v) is 10.2. The number of esters is 3. The summed E-state index contributed by atoms with van der Waals surface area (Å²) in [5, 5.41) is 4.09. The summed E-state index contributed by atoms with van der Waals surface area (Å²) in [6.45, 7) is 3.78. The number of unbranched alkanes of at least 4 members (excludes halogenated alkanes) is 2. The lowest BCUT2D eigenvalue weighted by atomic mass is 10.1. The molecule has 7 nitrogen and oxygen atoms in total. The molecule has 1 N–H and O–H groups in total. The standard InChI is InChI=1S/C57H73Cl2NO6/c1-3-5-7-9-11-13-15-17-19-21-23-25-27-29-31-33-35-44-54(61)64-47-50(48-65-56(63)46-49-40-37-38-43-53(49)60-57-51(58)41-39-42-52(57)59)66-55(62)45-36-34-32-30-28-26-24-22-20-18-16-14-12-10-8-6-4-2/h5-8,11-14,17-20,23-26,29-32,37-43,50,60H,3-4,9-10,15-16,21-22,27-28,33-36,44-48H2,1-2H3/b7-5-,8-6-,13-11-,14-12-,19-17-,20-18-,25-23-,26-24-,31-29-,32-30-. The molecule has 0 spiro atoms. The Hall–Kier alpha value is -5.37. The molecule has 0 saturated carbocycles. The molecule has 2 rings (SSSR count). The minimum absolute atomic E-state index is 0.0747. The second-order valence-electron chi connectivity index (χ2n) is 15.2. The molecule has 0 saturated heterocycles. The van der Waals surface area contributed by atoms with Gasteiger partial charge in [-0.1, -0.05) is 183 Å². The van der Waals surface area contributed by atoms with Gasteiger partial charge in [0.25, 0.3) is 0 Å². The Morgan fingerprint density at radius 2 is 0.894 bits per heavy atom. The molecular weight excluding hydrogens is 866 g/mol. The molecule has 66 heavy (non-hydrogen) atoms. The van der Waals surface area contributed by atoms with Crippen LogP contribution in [0.3, 0.4) is 0 Å². The summed E-state index contributed by atoms with van der Waals surface area (Å²) in [4.78, 5) is 38.7. The van der Waals surface area contributed by atoms with Crippen molar-refractivity contribution in [3.8, 4) is 0 Å². The molecule has 0 fully saturated rings. The maximum absolute atomic E-state index is 13.1. The van der Waals surface area contributed by atoms with Crippen LogP contribution < -0.4 is 5.32 Å². The summed E-state index contributed by atoms with van der Waals surface area (Å²) in [6.07, 6.45) is 54.4. The van der Waals surface area contributed by atoms with E-state index < -0.39 is 24.0 Å². The first-order chi connectivity index (χ1) is 32.3. The summed E-state index contributed by atoms with van der Waals surface area (Å²) >= 11 is 12.7. The van der Waals surface area contributed by atoms with Gasteiger partial charge in [0.05, 0.1) is 22.2 Å². The Morgan fingerprint density at radius 3 is 1.35 bits per heavy atom. The van der Waals surface area contributed by atoms with E-state index in [1.165, 1.54) is 0 Å². The number of hydrogen-bond acceptors (Lipinski definition) is 7. The van der Waals surface area contributed by atoms with Crippen molar-refractivity contribution in [2.75, 3.05) is 18.5 Å². The number of allylic oxidation sites excluding steroid dienone is 20. The predicted octanol–water partition coefficient (Wildman–Crippen LogP) is 16.1. The fraction of sp³-hybridized carbons (Fsp3) is 0.386. The minimum atomic E-state index is -0.958. The number of para-hydroxylation sites is 2. The zero-order valence-electron chi connectivity index (χ0n) is 39.3. The van der Waals surface area contributed by atoms with Gasteiger partial charge < -0.3 is 19.5 Å². The number of carbonyl (C=O) groups is 3. The summed E-state index contributed by atoms with van der Waals surface area (Å²) < 4.78 is 16.8. The molecule has 0 aromatic heterocycles. The van der Waals surface area contributed by atoms with Crippen molar-refractivity contribution < 1.29 is 28.6 Å². The molecule has 0 heterocycles. The van der Waals surface area contributed by atoms with E-state index in [9.17, 15) is 14.4 Å². The number of benzene rings is 2. The number of anilines is 2. The van der Waals surface area contributed by atoms with E-state index in [-0.39, 0.29) is 32.5 Å². The molecular formula is C57H73Cl2NO6. The molecule has 1 atom stereocenters. The fourth-order valence-electron chi connectivity index (χ4n) is 6.03. The van der Waals surface area contributed by atoms with Crippen LogP contribution in [0.2, 0.25) is 10.0 Å². The summed E-state index contributed by atoms with van der Waals surface area (Å²) in [6, 6.07) is 12.4. The van der Waals surface area contributed by atoms with Gasteiger partial charge >= 0.3 is 17.9 Å². The first-order valence-corrected chi connectivity index (χ1v) is 24.4. The van der Waals surface area contributed by atoms with Crippen LogP contribution in [0.4, 0.5) is 11.4 Å². The van der Waals surface area contributed by atoms with Gasteiger partial charge in [-0.2, -0.15) is 0 Å². The Kier molecular flexibility index (Phi) is 34.4. The average Bonchev–Trinajstić information content (AvgIpc) is 3.31. The molecule has 0 aliphatic rings. The molecule has 0 aliphatic carbocycles. The molecule has 0 aliphatic heterocycles. The highest BCUT2D eigenvalue weighted by Gasteiger charge is 2.20. The van der Waals surface area contributed by atoms with E-state index in [0.29, 0.717) is 46.2 Å². The molecule has 0 radical (unpaired) electrons. The van der Waals surface area contributed by atoms with Crippen LogP contribution in [-0.4, -0.2) is 37.2 Å². The van der Waals surface area contributed by atoms with Crippen LogP contribution in [0.25, 0.3) is 0 Å². The lowest BCUT2D eigenvalue weighted by Gasteiger charge is -2.19. The number of nitrogens with one attached hydrogen (secondary N) is 1. The van der Waals surface area contributed by atoms with E-state index in [1.54, 1.807) is 24.3 Å². The van der Waals surface area contributed by atoms with Gasteiger partial charge in [0.15, 0.2) is 6.10 Å². The number of hydrogen-bond donors (Lipinski definition) is 1. The summed E-state index contributed by atoms with van der Waals surface area (Å²) in [7, 11) is 0. The van der Waals surface area contributed by atoms with E-state index in [2.05, 4.69) is 141 Å². The van der Waals surface area contributed by atoms with Crippen molar-refractivity contribution in [3.63, 3.8) is 0 Å². The highest BCUT2D eigenvalue weighted by atomic mass is 35.5. The Balaban J connectivity index is 1.82. The second kappa shape index (κ2) is 39.9. The van der Waals surface area contributed by atoms with Gasteiger partial charge in [0.2, 0.25) is 0 Å². The summed E-state index contributed by atoms with van der Waals surface area (Å²) in [5.41, 5.74) is 1.81. The molecule has 2 aromatic rings. The maximum atomic E-state index is 13.1. The van der Waals surface area contributed by atoms with E-state index in [0.717, 1.165) is 70.6 Å². The topological polar surface area (TPSA) is 90.9 Å². The fourth-order valence-corrected chi connectivity index (χ4v) is 6.52. The quantitative estimate of drug-likeness (QED) is 0.0319. The third-order valence-electron chi connectivity index (χ3n) is 9.55. The first-order valence-electron chi connectivity index (χ1n) is 23.6. The average molecular weight is 939 g/mol. The van der Waals surface area contributed by atoms with Gasteiger partial charge in [0, 0.05) is 18.5 Å².